The van der Waals surface area contributed by atoms with Crippen molar-refractivity contribution in [1.82, 2.24) is 9.38 Å². The summed E-state index contributed by atoms with van der Waals surface area (Å²) in [6.07, 6.45) is 2.18. The van der Waals surface area contributed by atoms with Crippen LogP contribution >= 0.6 is 15.9 Å². The van der Waals surface area contributed by atoms with E-state index in [4.69, 9.17) is 0 Å². The molecule has 82 valence electrons. The third-order valence-corrected chi connectivity index (χ3v) is 3.69. The number of imidazole rings is 1. The lowest BCUT2D eigenvalue weighted by Gasteiger charge is -1.92. The first-order valence-corrected chi connectivity index (χ1v) is 6.29. The number of H-pyrrole nitrogens is 1. The van der Waals surface area contributed by atoms with E-state index >= 15 is 0 Å². The Kier molecular flexibility index (Phi) is 1.72. The highest BCUT2D eigenvalue weighted by molar-refractivity contribution is 9.10. The molecule has 0 radical (unpaired) electrons. The number of hydrogen-bond acceptors (Lipinski definition) is 0. The van der Waals surface area contributed by atoms with Crippen molar-refractivity contribution in [2.24, 2.45) is 0 Å². The number of halogens is 1. The van der Waals surface area contributed by atoms with E-state index in [1.165, 1.54) is 16.3 Å². The van der Waals surface area contributed by atoms with Gasteiger partial charge in [0.25, 0.3) is 0 Å². The summed E-state index contributed by atoms with van der Waals surface area (Å²) >= 11 is 3.52. The molecular formula is C14H9BrN2. The Bertz CT molecular complexity index is 854. The van der Waals surface area contributed by atoms with Crippen molar-refractivity contribution < 1.29 is 0 Å². The van der Waals surface area contributed by atoms with E-state index in [9.17, 15) is 0 Å². The summed E-state index contributed by atoms with van der Waals surface area (Å²) in [6.45, 7) is 0. The summed E-state index contributed by atoms with van der Waals surface area (Å²) in [6, 6.07) is 14.7. The predicted molar refractivity (Wildman–Crippen MR) is 74.5 cm³/mol. The third kappa shape index (κ3) is 1.20. The minimum absolute atomic E-state index is 1.10. The molecule has 4 rings (SSSR count). The minimum Gasteiger partial charge on any atom is -0.339 e. The van der Waals surface area contributed by atoms with Crippen LogP contribution in [0.1, 0.15) is 0 Å². The standard InChI is InChI=1S/C14H9BrN2/c15-10-5-6-12-13(7-10)17-8-9-3-1-2-4-11(9)14(17)16-12/h1-8,16H. The van der Waals surface area contributed by atoms with Crippen molar-refractivity contribution in [3.05, 3.63) is 53.1 Å². The van der Waals surface area contributed by atoms with E-state index < -0.39 is 0 Å². The monoisotopic (exact) mass is 284 g/mol. The van der Waals surface area contributed by atoms with Crippen LogP contribution in [0.15, 0.2) is 53.1 Å². The van der Waals surface area contributed by atoms with Crippen molar-refractivity contribution in [2.45, 2.75) is 0 Å². The number of aromatic amines is 1. The molecule has 0 aliphatic carbocycles. The number of hydrogen-bond donors (Lipinski definition) is 1. The van der Waals surface area contributed by atoms with E-state index in [1.54, 1.807) is 0 Å². The zero-order chi connectivity index (χ0) is 11.4. The van der Waals surface area contributed by atoms with Gasteiger partial charge in [0.15, 0.2) is 0 Å². The van der Waals surface area contributed by atoms with Crippen LogP contribution < -0.4 is 0 Å². The highest BCUT2D eigenvalue weighted by Gasteiger charge is 2.08. The number of nitrogens with zero attached hydrogens (tertiary/aromatic N) is 1. The maximum atomic E-state index is 3.52. The second kappa shape index (κ2) is 3.14. The van der Waals surface area contributed by atoms with Gasteiger partial charge in [0.05, 0.1) is 11.0 Å². The number of aromatic nitrogens is 2. The summed E-state index contributed by atoms with van der Waals surface area (Å²) in [5.74, 6) is 0. The highest BCUT2D eigenvalue weighted by atomic mass is 79.9. The first-order valence-electron chi connectivity index (χ1n) is 5.50. The Morgan fingerprint density at radius 2 is 1.94 bits per heavy atom. The SMILES string of the molecule is Brc1ccc2[nH]c3c4ccccc4cn3c2c1. The first-order chi connectivity index (χ1) is 8.33. The molecule has 0 atom stereocenters. The quantitative estimate of drug-likeness (QED) is 0.496. The molecule has 0 unspecified atom stereocenters. The number of benzene rings is 2. The lowest BCUT2D eigenvalue weighted by atomic mass is 10.2. The highest BCUT2D eigenvalue weighted by Crippen LogP contribution is 2.27. The summed E-state index contributed by atoms with van der Waals surface area (Å²) in [5, 5.41) is 2.53. The minimum atomic E-state index is 1.10. The normalized spacial score (nSPS) is 11.8. The van der Waals surface area contributed by atoms with Gasteiger partial charge in [0, 0.05) is 21.4 Å². The second-order valence-corrected chi connectivity index (χ2v) is 5.14. The fraction of sp³-hybridized carbons (Fsp3) is 0. The van der Waals surface area contributed by atoms with Crippen molar-refractivity contribution in [3.63, 3.8) is 0 Å². The van der Waals surface area contributed by atoms with Crippen molar-refractivity contribution in [3.8, 4) is 0 Å². The largest absolute Gasteiger partial charge is 0.339 e. The smallest absolute Gasteiger partial charge is 0.123 e. The Morgan fingerprint density at radius 3 is 2.88 bits per heavy atom. The van der Waals surface area contributed by atoms with E-state index in [2.05, 4.69) is 74.0 Å². The average Bonchev–Trinajstić information content (AvgIpc) is 2.85. The topological polar surface area (TPSA) is 20.2 Å². The molecule has 4 aromatic rings. The van der Waals surface area contributed by atoms with Gasteiger partial charge >= 0.3 is 0 Å². The molecule has 0 aliphatic rings. The molecule has 2 nitrogen and oxygen atoms in total. The zero-order valence-corrected chi connectivity index (χ0v) is 10.5. The molecule has 0 saturated carbocycles. The maximum absolute atomic E-state index is 3.52. The predicted octanol–water partition coefficient (Wildman–Crippen LogP) is 4.34. The van der Waals surface area contributed by atoms with Gasteiger partial charge in [-0.2, -0.15) is 0 Å². The van der Waals surface area contributed by atoms with Gasteiger partial charge in [-0.25, -0.2) is 0 Å². The Morgan fingerprint density at radius 1 is 1.06 bits per heavy atom. The fourth-order valence-corrected chi connectivity index (χ4v) is 2.76. The van der Waals surface area contributed by atoms with Crippen LogP contribution in [0.25, 0.3) is 27.5 Å². The van der Waals surface area contributed by atoms with Gasteiger partial charge in [0.2, 0.25) is 0 Å². The van der Waals surface area contributed by atoms with Gasteiger partial charge in [0.1, 0.15) is 5.65 Å². The molecule has 2 aromatic carbocycles. The molecule has 2 heterocycles. The Hall–Kier alpha value is -1.74. The van der Waals surface area contributed by atoms with Crippen molar-refractivity contribution in [1.29, 1.82) is 0 Å². The van der Waals surface area contributed by atoms with Crippen LogP contribution in [-0.2, 0) is 0 Å². The molecule has 17 heavy (non-hydrogen) atoms. The summed E-state index contributed by atoms with van der Waals surface area (Å²) < 4.78 is 3.31. The van der Waals surface area contributed by atoms with E-state index in [0.717, 1.165) is 15.6 Å². The maximum Gasteiger partial charge on any atom is 0.123 e. The van der Waals surface area contributed by atoms with Gasteiger partial charge < -0.3 is 9.38 Å². The molecule has 3 heteroatoms. The molecule has 0 saturated heterocycles. The van der Waals surface area contributed by atoms with Crippen LogP contribution in [-0.4, -0.2) is 9.38 Å². The summed E-state index contributed by atoms with van der Waals surface area (Å²) in [5.41, 5.74) is 3.52. The Balaban J connectivity index is 2.30. The summed E-state index contributed by atoms with van der Waals surface area (Å²) in [4.78, 5) is 3.47. The van der Waals surface area contributed by atoms with Crippen molar-refractivity contribution >= 4 is 43.4 Å². The lowest BCUT2D eigenvalue weighted by molar-refractivity contribution is 1.28. The van der Waals surface area contributed by atoms with E-state index in [1.807, 2.05) is 0 Å². The second-order valence-electron chi connectivity index (χ2n) is 4.22. The molecule has 2 aromatic heterocycles. The van der Waals surface area contributed by atoms with Gasteiger partial charge in [-0.3, -0.25) is 0 Å². The Labute approximate surface area is 106 Å². The van der Waals surface area contributed by atoms with Crippen LogP contribution in [0.3, 0.4) is 0 Å². The van der Waals surface area contributed by atoms with Crippen LogP contribution in [0.5, 0.6) is 0 Å². The van der Waals surface area contributed by atoms with E-state index in [-0.39, 0.29) is 0 Å². The molecular weight excluding hydrogens is 276 g/mol. The zero-order valence-electron chi connectivity index (χ0n) is 8.94. The molecule has 0 bridgehead atoms. The number of nitrogens with one attached hydrogen (secondary N) is 1. The van der Waals surface area contributed by atoms with Gasteiger partial charge in [-0.1, -0.05) is 40.2 Å². The number of rotatable bonds is 0. The van der Waals surface area contributed by atoms with Crippen LogP contribution in [0.2, 0.25) is 0 Å². The molecule has 0 amide bonds. The van der Waals surface area contributed by atoms with Gasteiger partial charge in [-0.15, -0.1) is 0 Å². The van der Waals surface area contributed by atoms with Crippen LogP contribution in [0.4, 0.5) is 0 Å². The third-order valence-electron chi connectivity index (χ3n) is 3.20. The lowest BCUT2D eigenvalue weighted by Crippen LogP contribution is -1.75. The molecule has 1 N–H and O–H groups in total. The van der Waals surface area contributed by atoms with Crippen molar-refractivity contribution in [2.75, 3.05) is 0 Å². The van der Waals surface area contributed by atoms with Crippen LogP contribution in [0, 0.1) is 0 Å². The summed E-state index contributed by atoms with van der Waals surface area (Å²) in [7, 11) is 0. The fourth-order valence-electron chi connectivity index (χ4n) is 2.41. The average molecular weight is 285 g/mol. The van der Waals surface area contributed by atoms with Gasteiger partial charge in [-0.05, 0) is 18.2 Å². The van der Waals surface area contributed by atoms with E-state index in [0.29, 0.717) is 0 Å². The molecule has 0 spiro atoms. The first kappa shape index (κ1) is 9.31. The molecule has 0 fully saturated rings. The number of fused-ring (bicyclic) bond motifs is 5. The molecule has 0 aliphatic heterocycles.